The van der Waals surface area contributed by atoms with Crippen molar-refractivity contribution in [2.75, 3.05) is 13.2 Å². The van der Waals surface area contributed by atoms with Crippen LogP contribution in [0.4, 0.5) is 0 Å². The van der Waals surface area contributed by atoms with Crippen LogP contribution in [-0.2, 0) is 28.8 Å². The van der Waals surface area contributed by atoms with Gasteiger partial charge >= 0.3 is 48.1 Å². The van der Waals surface area contributed by atoms with Crippen LogP contribution in [0.3, 0.4) is 0 Å². The first kappa shape index (κ1) is 32.8. The molecule has 2 aliphatic rings. The standard InChI is InChI=1S/C12H22O14S.Ca.2H2O.2H/c13-1-3-5(15)6(16)10(26-27(20,21)22)12(24-3)25-9-4(2-14)23-11(19)8(18)7(9)17;;;;;/h3-19H,1-2H2,(H,20,21,22);;2*1H2;;/q;+2;;;2*-1/t3-,4-,5+,6+,7-,8-,9-,10-,11-,12+;;;;;/m1...../s1. The van der Waals surface area contributed by atoms with Gasteiger partial charge in [-0.2, -0.15) is 8.42 Å². The van der Waals surface area contributed by atoms with Gasteiger partial charge in [0.2, 0.25) is 0 Å². The Morgan fingerprint density at radius 3 is 1.77 bits per heavy atom. The second-order valence-corrected chi connectivity index (χ2v) is 7.07. The van der Waals surface area contributed by atoms with Crippen molar-refractivity contribution < 1.29 is 80.9 Å². The van der Waals surface area contributed by atoms with Crippen LogP contribution in [0.15, 0.2) is 0 Å². The molecule has 2 aliphatic heterocycles. The molecule has 0 aromatic carbocycles. The zero-order valence-corrected chi connectivity index (χ0v) is 18.4. The smallest absolute Gasteiger partial charge is 1.00 e. The average Bonchev–Trinajstić information content (AvgIpc) is 2.60. The maximum Gasteiger partial charge on any atom is 2.00 e. The van der Waals surface area contributed by atoms with Crippen LogP contribution in [0.25, 0.3) is 0 Å². The van der Waals surface area contributed by atoms with Crippen molar-refractivity contribution in [3.63, 3.8) is 0 Å². The van der Waals surface area contributed by atoms with E-state index < -0.39 is 85.0 Å². The normalized spacial score (nSPS) is 41.7. The molecule has 0 saturated carbocycles. The minimum absolute atomic E-state index is 0. The van der Waals surface area contributed by atoms with E-state index in [0.29, 0.717) is 0 Å². The molecule has 18 heteroatoms. The molecule has 2 heterocycles. The van der Waals surface area contributed by atoms with Gasteiger partial charge in [-0.3, -0.25) is 4.55 Å². The van der Waals surface area contributed by atoms with Crippen LogP contribution in [0.2, 0.25) is 0 Å². The Morgan fingerprint density at radius 2 is 1.30 bits per heavy atom. The third kappa shape index (κ3) is 7.61. The maximum atomic E-state index is 11.0. The van der Waals surface area contributed by atoms with Gasteiger partial charge < -0.3 is 63.8 Å². The van der Waals surface area contributed by atoms with Crippen molar-refractivity contribution in [3.05, 3.63) is 0 Å². The summed E-state index contributed by atoms with van der Waals surface area (Å²) in [4.78, 5) is 0. The molecule has 180 valence electrons. The van der Waals surface area contributed by atoms with Crippen molar-refractivity contribution in [1.82, 2.24) is 0 Å². The Hall–Kier alpha value is 0.650. The van der Waals surface area contributed by atoms with Gasteiger partial charge in [0.25, 0.3) is 0 Å². The topological polar surface area (TPSA) is 296 Å². The van der Waals surface area contributed by atoms with E-state index in [1.165, 1.54) is 0 Å². The number of hydrogen-bond donors (Lipinski definition) is 8. The Kier molecular flexibility index (Phi) is 14.6. The van der Waals surface area contributed by atoms with Gasteiger partial charge in [-0.15, -0.1) is 0 Å². The fraction of sp³-hybridized carbons (Fsp3) is 1.00. The van der Waals surface area contributed by atoms with Gasteiger partial charge in [0.05, 0.1) is 13.2 Å². The Labute approximate surface area is 203 Å². The molecule has 0 aromatic rings. The molecule has 12 N–H and O–H groups in total. The minimum atomic E-state index is -5.16. The fourth-order valence-electron chi connectivity index (χ4n) is 2.80. The van der Waals surface area contributed by atoms with Crippen molar-refractivity contribution in [2.24, 2.45) is 0 Å². The summed E-state index contributed by atoms with van der Waals surface area (Å²) in [6.07, 6.45) is -17.9. The molecule has 0 spiro atoms. The molecule has 0 aromatic heterocycles. The van der Waals surface area contributed by atoms with Gasteiger partial charge in [-0.25, -0.2) is 4.18 Å². The molecule has 2 fully saturated rings. The van der Waals surface area contributed by atoms with Gasteiger partial charge in [-0.1, -0.05) is 0 Å². The Bertz CT molecular complexity index is 602. The molecule has 0 unspecified atom stereocenters. The molecule has 0 amide bonds. The van der Waals surface area contributed by atoms with E-state index in [0.717, 1.165) is 0 Å². The molecule has 2 rings (SSSR count). The first-order valence-corrected chi connectivity index (χ1v) is 9.10. The summed E-state index contributed by atoms with van der Waals surface area (Å²) in [5, 5.41) is 67.6. The predicted molar refractivity (Wildman–Crippen MR) is 94.2 cm³/mol. The number of hydrogen-bond acceptors (Lipinski definition) is 13. The molecule has 0 aliphatic carbocycles. The van der Waals surface area contributed by atoms with E-state index in [1.807, 2.05) is 0 Å². The molecule has 0 bridgehead atoms. The summed E-state index contributed by atoms with van der Waals surface area (Å²) in [6.45, 7) is -1.64. The first-order chi connectivity index (χ1) is 12.5. The number of aliphatic hydroxyl groups is 7. The van der Waals surface area contributed by atoms with Crippen LogP contribution in [0.1, 0.15) is 2.85 Å². The van der Waals surface area contributed by atoms with Gasteiger partial charge in [0.15, 0.2) is 18.7 Å². The van der Waals surface area contributed by atoms with Crippen molar-refractivity contribution >= 4 is 48.1 Å². The Morgan fingerprint density at radius 1 is 0.800 bits per heavy atom. The third-order valence-electron chi connectivity index (χ3n) is 4.19. The van der Waals surface area contributed by atoms with Gasteiger partial charge in [0, 0.05) is 0 Å². The Balaban J connectivity index is -0.000000784. The van der Waals surface area contributed by atoms with E-state index in [9.17, 15) is 44.2 Å². The molecular formula is C12H28CaO16S. The zero-order chi connectivity index (χ0) is 20.5. The van der Waals surface area contributed by atoms with Crippen molar-refractivity contribution in [3.8, 4) is 0 Å². The summed E-state index contributed by atoms with van der Waals surface area (Å²) < 4.78 is 50.4. The SMILES string of the molecule is O.O.O=S(=O)(O)O[C@H]1[C@H](O[C@H]2[C@H](O)[C@@H](O)[C@H](O)O[C@@H]2CO)O[C@H](CO)[C@H](O)[C@@H]1O.[Ca+2].[H-].[H-]. The second-order valence-electron chi connectivity index (χ2n) is 6.02. The summed E-state index contributed by atoms with van der Waals surface area (Å²) in [5.41, 5.74) is 0. The van der Waals surface area contributed by atoms with E-state index in [-0.39, 0.29) is 51.5 Å². The molecular weight excluding hydrogens is 472 g/mol. The number of rotatable bonds is 6. The van der Waals surface area contributed by atoms with Crippen LogP contribution in [-0.4, -0.2) is 172 Å². The summed E-state index contributed by atoms with van der Waals surface area (Å²) in [6, 6.07) is 0. The summed E-state index contributed by atoms with van der Waals surface area (Å²) in [5.74, 6) is 0. The quantitative estimate of drug-likeness (QED) is 0.124. The van der Waals surface area contributed by atoms with Gasteiger partial charge in [0.1, 0.15) is 42.7 Å². The van der Waals surface area contributed by atoms with Crippen LogP contribution in [0.5, 0.6) is 0 Å². The van der Waals surface area contributed by atoms with Crippen LogP contribution in [0, 0.1) is 0 Å². The number of ether oxygens (including phenoxy) is 3. The van der Waals surface area contributed by atoms with Crippen LogP contribution < -0.4 is 0 Å². The number of aliphatic hydroxyl groups excluding tert-OH is 7. The maximum absolute atomic E-state index is 11.0. The van der Waals surface area contributed by atoms with E-state index in [2.05, 4.69) is 4.18 Å². The first-order valence-electron chi connectivity index (χ1n) is 7.74. The van der Waals surface area contributed by atoms with E-state index in [1.54, 1.807) is 0 Å². The third-order valence-corrected chi connectivity index (χ3v) is 4.65. The molecule has 2 saturated heterocycles. The largest absolute Gasteiger partial charge is 2.00 e. The van der Waals surface area contributed by atoms with Crippen molar-refractivity contribution in [1.29, 1.82) is 0 Å². The zero-order valence-electron chi connectivity index (χ0n) is 17.3. The van der Waals surface area contributed by atoms with Crippen LogP contribution >= 0.6 is 0 Å². The van der Waals surface area contributed by atoms with E-state index >= 15 is 0 Å². The molecule has 0 radical (unpaired) electrons. The summed E-state index contributed by atoms with van der Waals surface area (Å²) in [7, 11) is -5.16. The van der Waals surface area contributed by atoms with E-state index in [4.69, 9.17) is 18.8 Å². The summed E-state index contributed by atoms with van der Waals surface area (Å²) >= 11 is 0. The monoisotopic (exact) mass is 500 g/mol. The fourth-order valence-corrected chi connectivity index (χ4v) is 3.28. The van der Waals surface area contributed by atoms with Crippen molar-refractivity contribution in [2.45, 2.75) is 61.4 Å². The molecule has 30 heavy (non-hydrogen) atoms. The average molecular weight is 500 g/mol. The second kappa shape index (κ2) is 13.4. The van der Waals surface area contributed by atoms with Gasteiger partial charge in [-0.05, 0) is 0 Å². The molecule has 10 atom stereocenters. The predicted octanol–water partition coefficient (Wildman–Crippen LogP) is -7.38. The minimum Gasteiger partial charge on any atom is -1.00 e. The molecule has 16 nitrogen and oxygen atoms in total.